The molecule has 0 aliphatic carbocycles. The van der Waals surface area contributed by atoms with Crippen molar-refractivity contribution in [2.24, 2.45) is 5.92 Å². The van der Waals surface area contributed by atoms with E-state index in [9.17, 15) is 10.2 Å². The number of phenolic OH excluding ortho intramolecular Hbond substituents is 2. The average Bonchev–Trinajstić information content (AvgIpc) is 3.83. The van der Waals surface area contributed by atoms with E-state index in [-0.39, 0.29) is 23.5 Å². The lowest BCUT2D eigenvalue weighted by Gasteiger charge is -2.23. The Bertz CT molecular complexity index is 3090. The van der Waals surface area contributed by atoms with Crippen molar-refractivity contribution in [3.63, 3.8) is 0 Å². The van der Waals surface area contributed by atoms with Gasteiger partial charge in [0.1, 0.15) is 17.2 Å². The van der Waals surface area contributed by atoms with Gasteiger partial charge in [0.25, 0.3) is 0 Å². The van der Waals surface area contributed by atoms with Gasteiger partial charge in [0.05, 0.1) is 39.5 Å². The molecule has 5 heteroatoms. The molecular weight excluding hydrogens is 797 g/mol. The number of ether oxygens (including phenoxy) is 1. The predicted molar refractivity (Wildman–Crippen MR) is 272 cm³/mol. The lowest BCUT2D eigenvalue weighted by molar-refractivity contribution is 0.190. The highest BCUT2D eigenvalue weighted by Crippen LogP contribution is 2.45. The highest BCUT2D eigenvalue weighted by Gasteiger charge is 2.24. The van der Waals surface area contributed by atoms with Crippen LogP contribution in [-0.2, 0) is 19.3 Å². The standard InChI is InChI=1S/C60H56N2O3/c1-7-41-25-27-43(48(35-41)50-31-38(4)33-56(59(50)63)61-52-21-13-9-17-44(52)45-18-10-14-22-53(45)61)30-37(3)29-40(6)65-58-28-26-42(8-2)36-49(58)51-32-39(5)34-57(60(51)64)62-54-23-15-11-19-46(54)47-20-12-16-24-55(47)62/h9-28,31-37,40,63-64H,7-8,29-30H2,1-6H3. The molecule has 10 rings (SSSR count). The summed E-state index contributed by atoms with van der Waals surface area (Å²) in [4.78, 5) is 0. The van der Waals surface area contributed by atoms with Gasteiger partial charge in [-0.15, -0.1) is 0 Å². The number of hydrogen-bond donors (Lipinski definition) is 2. The Morgan fingerprint density at radius 2 is 0.892 bits per heavy atom. The van der Waals surface area contributed by atoms with Crippen LogP contribution in [-0.4, -0.2) is 25.5 Å². The van der Waals surface area contributed by atoms with Gasteiger partial charge in [-0.25, -0.2) is 0 Å². The van der Waals surface area contributed by atoms with Crippen LogP contribution in [0.4, 0.5) is 0 Å². The van der Waals surface area contributed by atoms with E-state index in [1.807, 2.05) is 0 Å². The molecule has 2 atom stereocenters. The van der Waals surface area contributed by atoms with Crippen LogP contribution in [0.5, 0.6) is 17.2 Å². The van der Waals surface area contributed by atoms with Crippen molar-refractivity contribution >= 4 is 43.6 Å². The van der Waals surface area contributed by atoms with Crippen LogP contribution < -0.4 is 4.74 Å². The maximum absolute atomic E-state index is 12.4. The zero-order chi connectivity index (χ0) is 44.9. The van der Waals surface area contributed by atoms with Crippen LogP contribution in [0.25, 0.3) is 77.2 Å². The summed E-state index contributed by atoms with van der Waals surface area (Å²) in [6.45, 7) is 13.0. The molecule has 65 heavy (non-hydrogen) atoms. The Morgan fingerprint density at radius 1 is 0.477 bits per heavy atom. The summed E-state index contributed by atoms with van der Waals surface area (Å²) in [5, 5.41) is 29.4. The molecular formula is C60H56N2O3. The van der Waals surface area contributed by atoms with Gasteiger partial charge in [0.2, 0.25) is 0 Å². The van der Waals surface area contributed by atoms with Crippen LogP contribution in [0.2, 0.25) is 0 Å². The van der Waals surface area contributed by atoms with Crippen molar-refractivity contribution < 1.29 is 14.9 Å². The first kappa shape index (κ1) is 41.8. The molecule has 10 aromatic rings. The van der Waals surface area contributed by atoms with E-state index in [2.05, 4.69) is 208 Å². The summed E-state index contributed by atoms with van der Waals surface area (Å²) >= 11 is 0. The van der Waals surface area contributed by atoms with E-state index >= 15 is 0 Å². The molecule has 0 aliphatic heterocycles. The first-order chi connectivity index (χ1) is 31.6. The Kier molecular flexibility index (Phi) is 10.9. The largest absolute Gasteiger partial charge is 0.505 e. The fourth-order valence-corrected chi connectivity index (χ4v) is 10.3. The van der Waals surface area contributed by atoms with E-state index < -0.39 is 0 Å². The Morgan fingerprint density at radius 3 is 1.35 bits per heavy atom. The molecule has 0 spiro atoms. The molecule has 2 aromatic heterocycles. The summed E-state index contributed by atoms with van der Waals surface area (Å²) in [6, 6.07) is 55.3. The number of fused-ring (bicyclic) bond motifs is 6. The van der Waals surface area contributed by atoms with Crippen LogP contribution in [0.1, 0.15) is 61.9 Å². The van der Waals surface area contributed by atoms with Gasteiger partial charge in [0, 0.05) is 38.2 Å². The third kappa shape index (κ3) is 7.49. The summed E-state index contributed by atoms with van der Waals surface area (Å²) in [5.74, 6) is 1.52. The third-order valence-electron chi connectivity index (χ3n) is 13.4. The second kappa shape index (κ2) is 17.0. The number of aromatic hydroxyl groups is 2. The SMILES string of the molecule is CCc1ccc(CC(C)CC(C)Oc2ccc(CC)cc2-c2cc(C)cc(-n3c4ccccc4c4ccccc43)c2O)c(-c2cc(C)cc(-n3c4ccccc4c4ccccc43)c2O)c1. The predicted octanol–water partition coefficient (Wildman–Crippen LogP) is 15.4. The fraction of sp³-hybridized carbons (Fsp3) is 0.200. The number of benzene rings is 8. The van der Waals surface area contributed by atoms with Gasteiger partial charge < -0.3 is 24.1 Å². The number of hydrogen-bond acceptors (Lipinski definition) is 3. The molecule has 8 aromatic carbocycles. The molecule has 5 nitrogen and oxygen atoms in total. The topological polar surface area (TPSA) is 59.5 Å². The normalized spacial score (nSPS) is 12.7. The zero-order valence-electron chi connectivity index (χ0n) is 38.2. The van der Waals surface area contributed by atoms with E-state index in [0.717, 1.165) is 120 Å². The number of rotatable bonds is 12. The Balaban J connectivity index is 0.970. The fourth-order valence-electron chi connectivity index (χ4n) is 10.3. The molecule has 0 amide bonds. The van der Waals surface area contributed by atoms with Crippen molar-refractivity contribution in [3.05, 3.63) is 186 Å². The smallest absolute Gasteiger partial charge is 0.147 e. The number of para-hydroxylation sites is 4. The van der Waals surface area contributed by atoms with Gasteiger partial charge in [-0.2, -0.15) is 0 Å². The number of aryl methyl sites for hydroxylation is 4. The minimum atomic E-state index is -0.118. The highest BCUT2D eigenvalue weighted by molar-refractivity contribution is 6.10. The molecule has 0 radical (unpaired) electrons. The molecule has 2 heterocycles. The van der Waals surface area contributed by atoms with Crippen molar-refractivity contribution in [2.45, 2.75) is 73.3 Å². The molecule has 324 valence electrons. The first-order valence-corrected chi connectivity index (χ1v) is 23.2. The van der Waals surface area contributed by atoms with Gasteiger partial charge >= 0.3 is 0 Å². The summed E-state index contributed by atoms with van der Waals surface area (Å²) in [6.07, 6.45) is 3.27. The van der Waals surface area contributed by atoms with Crippen LogP contribution in [0.15, 0.2) is 158 Å². The van der Waals surface area contributed by atoms with E-state index in [1.165, 1.54) is 16.7 Å². The first-order valence-electron chi connectivity index (χ1n) is 23.2. The van der Waals surface area contributed by atoms with Gasteiger partial charge in [-0.1, -0.05) is 118 Å². The molecule has 0 aliphatic rings. The van der Waals surface area contributed by atoms with E-state index in [0.29, 0.717) is 0 Å². The summed E-state index contributed by atoms with van der Waals surface area (Å²) in [5.41, 5.74) is 15.1. The van der Waals surface area contributed by atoms with Gasteiger partial charge in [0.15, 0.2) is 0 Å². The number of phenols is 2. The Labute approximate surface area is 381 Å². The third-order valence-corrected chi connectivity index (χ3v) is 13.4. The second-order valence-electron chi connectivity index (χ2n) is 18.1. The lowest BCUT2D eigenvalue weighted by atomic mass is 9.88. The minimum Gasteiger partial charge on any atom is -0.505 e. The highest BCUT2D eigenvalue weighted by atomic mass is 16.5. The van der Waals surface area contributed by atoms with Crippen molar-refractivity contribution in [1.82, 2.24) is 9.13 Å². The van der Waals surface area contributed by atoms with Crippen LogP contribution in [0.3, 0.4) is 0 Å². The monoisotopic (exact) mass is 852 g/mol. The van der Waals surface area contributed by atoms with Crippen molar-refractivity contribution in [1.29, 1.82) is 0 Å². The van der Waals surface area contributed by atoms with E-state index in [4.69, 9.17) is 4.74 Å². The maximum Gasteiger partial charge on any atom is 0.147 e. The van der Waals surface area contributed by atoms with Crippen LogP contribution in [0, 0.1) is 19.8 Å². The Hall–Kier alpha value is -7.24. The molecule has 0 bridgehead atoms. The summed E-state index contributed by atoms with van der Waals surface area (Å²) < 4.78 is 11.3. The molecule has 2 N–H and O–H groups in total. The second-order valence-corrected chi connectivity index (χ2v) is 18.1. The van der Waals surface area contributed by atoms with Crippen molar-refractivity contribution in [3.8, 4) is 50.9 Å². The molecule has 2 unspecified atom stereocenters. The summed E-state index contributed by atoms with van der Waals surface area (Å²) in [7, 11) is 0. The maximum atomic E-state index is 12.4. The van der Waals surface area contributed by atoms with E-state index in [1.54, 1.807) is 0 Å². The lowest BCUT2D eigenvalue weighted by Crippen LogP contribution is -2.17. The molecule has 0 fully saturated rings. The molecule has 0 saturated carbocycles. The quantitative estimate of drug-likeness (QED) is 0.129. The van der Waals surface area contributed by atoms with Crippen LogP contribution >= 0.6 is 0 Å². The average molecular weight is 853 g/mol. The zero-order valence-corrected chi connectivity index (χ0v) is 38.2. The molecule has 0 saturated heterocycles. The van der Waals surface area contributed by atoms with Crippen molar-refractivity contribution in [2.75, 3.05) is 0 Å². The minimum absolute atomic E-state index is 0.118. The number of aromatic nitrogens is 2. The van der Waals surface area contributed by atoms with Gasteiger partial charge in [-0.05, 0) is 146 Å². The number of nitrogens with zero attached hydrogens (tertiary/aromatic N) is 2. The van der Waals surface area contributed by atoms with Gasteiger partial charge in [-0.3, -0.25) is 0 Å².